The molecule has 0 radical (unpaired) electrons. The Hall–Kier alpha value is -2.56. The van der Waals surface area contributed by atoms with Crippen LogP contribution in [0, 0.1) is 0 Å². The molecule has 0 saturated carbocycles. The van der Waals surface area contributed by atoms with Gasteiger partial charge in [-0.2, -0.15) is 0 Å². The summed E-state index contributed by atoms with van der Waals surface area (Å²) in [5, 5.41) is 2.87. The molecular formula is C17H20N2O3. The van der Waals surface area contributed by atoms with E-state index in [4.69, 9.17) is 9.47 Å². The molecule has 0 bridgehead atoms. The lowest BCUT2D eigenvalue weighted by atomic mass is 10.1. The number of nitrogens with one attached hydrogen (secondary N) is 1. The van der Waals surface area contributed by atoms with Crippen LogP contribution in [-0.4, -0.2) is 24.6 Å². The van der Waals surface area contributed by atoms with E-state index in [0.29, 0.717) is 25.5 Å². The third-order valence-electron chi connectivity index (χ3n) is 3.10. The van der Waals surface area contributed by atoms with Gasteiger partial charge in [0.1, 0.15) is 5.75 Å². The van der Waals surface area contributed by atoms with Crippen molar-refractivity contribution in [2.45, 2.75) is 19.9 Å². The number of pyridine rings is 1. The summed E-state index contributed by atoms with van der Waals surface area (Å²) >= 11 is 0. The normalized spacial score (nSPS) is 10.1. The Balaban J connectivity index is 1.81. The minimum atomic E-state index is -0.0278. The number of ether oxygens (including phenoxy) is 2. The van der Waals surface area contributed by atoms with Gasteiger partial charge in [-0.25, -0.2) is 4.98 Å². The minimum Gasteiger partial charge on any atom is -0.494 e. The molecule has 1 heterocycles. The highest BCUT2D eigenvalue weighted by atomic mass is 16.5. The van der Waals surface area contributed by atoms with Crippen LogP contribution in [-0.2, 0) is 17.8 Å². The van der Waals surface area contributed by atoms with Gasteiger partial charge in [0.25, 0.3) is 0 Å². The number of carbonyl (C=O) groups is 1. The Morgan fingerprint density at radius 3 is 2.45 bits per heavy atom. The summed E-state index contributed by atoms with van der Waals surface area (Å²) in [6, 6.07) is 11.2. The van der Waals surface area contributed by atoms with Gasteiger partial charge in [0.15, 0.2) is 0 Å². The summed E-state index contributed by atoms with van der Waals surface area (Å²) in [4.78, 5) is 16.0. The molecule has 1 aromatic carbocycles. The summed E-state index contributed by atoms with van der Waals surface area (Å²) in [6.45, 7) is 3.03. The highest BCUT2D eigenvalue weighted by molar-refractivity contribution is 5.78. The lowest BCUT2D eigenvalue weighted by Gasteiger charge is -2.07. The van der Waals surface area contributed by atoms with Crippen LogP contribution in [0.1, 0.15) is 18.1 Å². The van der Waals surface area contributed by atoms with Crippen LogP contribution in [0.4, 0.5) is 0 Å². The van der Waals surface area contributed by atoms with E-state index in [0.717, 1.165) is 16.9 Å². The Kier molecular flexibility index (Phi) is 5.77. The Morgan fingerprint density at radius 1 is 1.14 bits per heavy atom. The number of hydrogen-bond donors (Lipinski definition) is 1. The maximum Gasteiger partial charge on any atom is 0.224 e. The zero-order valence-electron chi connectivity index (χ0n) is 12.8. The number of hydrogen-bond acceptors (Lipinski definition) is 4. The van der Waals surface area contributed by atoms with Crippen molar-refractivity contribution < 1.29 is 14.3 Å². The summed E-state index contributed by atoms with van der Waals surface area (Å²) in [5.74, 6) is 1.35. The van der Waals surface area contributed by atoms with Crippen LogP contribution in [0.3, 0.4) is 0 Å². The molecule has 2 aromatic rings. The molecule has 0 aliphatic carbocycles. The van der Waals surface area contributed by atoms with Crippen molar-refractivity contribution >= 4 is 5.91 Å². The van der Waals surface area contributed by atoms with Crippen molar-refractivity contribution in [3.63, 3.8) is 0 Å². The average Bonchev–Trinajstić information content (AvgIpc) is 2.55. The quantitative estimate of drug-likeness (QED) is 0.852. The van der Waals surface area contributed by atoms with Crippen molar-refractivity contribution in [2.24, 2.45) is 0 Å². The van der Waals surface area contributed by atoms with Gasteiger partial charge >= 0.3 is 0 Å². The zero-order valence-corrected chi connectivity index (χ0v) is 12.8. The van der Waals surface area contributed by atoms with Gasteiger partial charge in [-0.15, -0.1) is 0 Å². The first-order valence-electron chi connectivity index (χ1n) is 7.18. The van der Waals surface area contributed by atoms with Gasteiger partial charge < -0.3 is 14.8 Å². The maximum absolute atomic E-state index is 11.9. The summed E-state index contributed by atoms with van der Waals surface area (Å²) < 4.78 is 10.4. The number of carbonyl (C=O) groups excluding carboxylic acids is 1. The predicted octanol–water partition coefficient (Wildman–Crippen LogP) is 2.35. The SMILES string of the molecule is CCOc1ccc(CC(=O)NCc2ccc(OC)nc2)cc1. The molecule has 0 atom stereocenters. The molecule has 1 N–H and O–H groups in total. The Labute approximate surface area is 130 Å². The first-order valence-corrected chi connectivity index (χ1v) is 7.18. The largest absolute Gasteiger partial charge is 0.494 e. The molecule has 0 aliphatic rings. The van der Waals surface area contributed by atoms with Crippen LogP contribution in [0.15, 0.2) is 42.6 Å². The second-order valence-electron chi connectivity index (χ2n) is 4.74. The molecule has 0 saturated heterocycles. The fourth-order valence-corrected chi connectivity index (χ4v) is 1.95. The molecule has 116 valence electrons. The number of nitrogens with zero attached hydrogens (tertiary/aromatic N) is 1. The van der Waals surface area contributed by atoms with E-state index in [-0.39, 0.29) is 5.91 Å². The third-order valence-corrected chi connectivity index (χ3v) is 3.10. The second-order valence-corrected chi connectivity index (χ2v) is 4.74. The van der Waals surface area contributed by atoms with Gasteiger partial charge in [-0.1, -0.05) is 18.2 Å². The van der Waals surface area contributed by atoms with Crippen LogP contribution < -0.4 is 14.8 Å². The maximum atomic E-state index is 11.9. The van der Waals surface area contributed by atoms with Crippen LogP contribution in [0.5, 0.6) is 11.6 Å². The average molecular weight is 300 g/mol. The topological polar surface area (TPSA) is 60.5 Å². The van der Waals surface area contributed by atoms with E-state index < -0.39 is 0 Å². The fraction of sp³-hybridized carbons (Fsp3) is 0.294. The smallest absolute Gasteiger partial charge is 0.224 e. The molecule has 0 unspecified atom stereocenters. The van der Waals surface area contributed by atoms with Crippen molar-refractivity contribution in [3.8, 4) is 11.6 Å². The van der Waals surface area contributed by atoms with E-state index in [1.165, 1.54) is 0 Å². The Morgan fingerprint density at radius 2 is 1.86 bits per heavy atom. The molecule has 0 spiro atoms. The van der Waals surface area contributed by atoms with E-state index >= 15 is 0 Å². The number of benzene rings is 1. The highest BCUT2D eigenvalue weighted by Crippen LogP contribution is 2.12. The number of amides is 1. The molecule has 1 aromatic heterocycles. The van der Waals surface area contributed by atoms with Crippen LogP contribution in [0.2, 0.25) is 0 Å². The molecular weight excluding hydrogens is 280 g/mol. The standard InChI is InChI=1S/C17H20N2O3/c1-3-22-15-7-4-13(5-8-15)10-16(20)18-11-14-6-9-17(21-2)19-12-14/h4-9,12H,3,10-11H2,1-2H3,(H,18,20). The minimum absolute atomic E-state index is 0.0278. The fourth-order valence-electron chi connectivity index (χ4n) is 1.95. The lowest BCUT2D eigenvalue weighted by Crippen LogP contribution is -2.24. The molecule has 2 rings (SSSR count). The first kappa shape index (κ1) is 15.8. The van der Waals surface area contributed by atoms with E-state index in [1.807, 2.05) is 37.3 Å². The van der Waals surface area contributed by atoms with Gasteiger partial charge in [0, 0.05) is 18.8 Å². The van der Waals surface area contributed by atoms with Gasteiger partial charge in [-0.05, 0) is 30.2 Å². The third kappa shape index (κ3) is 4.77. The zero-order chi connectivity index (χ0) is 15.8. The van der Waals surface area contributed by atoms with Crippen LogP contribution >= 0.6 is 0 Å². The number of aromatic nitrogens is 1. The van der Waals surface area contributed by atoms with E-state index in [9.17, 15) is 4.79 Å². The molecule has 5 heteroatoms. The van der Waals surface area contributed by atoms with Crippen LogP contribution in [0.25, 0.3) is 0 Å². The van der Waals surface area contributed by atoms with Gasteiger partial charge in [0.05, 0.1) is 20.1 Å². The molecule has 22 heavy (non-hydrogen) atoms. The van der Waals surface area contributed by atoms with Crippen molar-refractivity contribution in [3.05, 3.63) is 53.7 Å². The number of rotatable bonds is 7. The molecule has 0 fully saturated rings. The lowest BCUT2D eigenvalue weighted by molar-refractivity contribution is -0.120. The molecule has 1 amide bonds. The highest BCUT2D eigenvalue weighted by Gasteiger charge is 2.04. The summed E-state index contributed by atoms with van der Waals surface area (Å²) in [5.41, 5.74) is 1.88. The Bertz CT molecular complexity index is 594. The van der Waals surface area contributed by atoms with E-state index in [2.05, 4.69) is 10.3 Å². The van der Waals surface area contributed by atoms with Gasteiger partial charge in [-0.3, -0.25) is 4.79 Å². The predicted molar refractivity (Wildman–Crippen MR) is 84.0 cm³/mol. The summed E-state index contributed by atoms with van der Waals surface area (Å²) in [7, 11) is 1.57. The number of methoxy groups -OCH3 is 1. The summed E-state index contributed by atoms with van der Waals surface area (Å²) in [6.07, 6.45) is 2.03. The molecule has 0 aliphatic heterocycles. The van der Waals surface area contributed by atoms with Crippen molar-refractivity contribution in [1.82, 2.24) is 10.3 Å². The van der Waals surface area contributed by atoms with Crippen molar-refractivity contribution in [1.29, 1.82) is 0 Å². The molecule has 5 nitrogen and oxygen atoms in total. The first-order chi connectivity index (χ1) is 10.7. The van der Waals surface area contributed by atoms with Crippen molar-refractivity contribution in [2.75, 3.05) is 13.7 Å². The second kappa shape index (κ2) is 8.02. The monoisotopic (exact) mass is 300 g/mol. The van der Waals surface area contributed by atoms with Gasteiger partial charge in [0.2, 0.25) is 11.8 Å². The van der Waals surface area contributed by atoms with E-state index in [1.54, 1.807) is 19.4 Å².